The lowest BCUT2D eigenvalue weighted by Crippen LogP contribution is -3.00. The topological polar surface area (TPSA) is 196 Å². The monoisotopic (exact) mass is 545 g/mol. The fourth-order valence-corrected chi connectivity index (χ4v) is 0. The van der Waals surface area contributed by atoms with Crippen molar-refractivity contribution in [2.45, 2.75) is 10.7 Å². The third-order valence-electron chi connectivity index (χ3n) is 0. The van der Waals surface area contributed by atoms with Crippen molar-refractivity contribution >= 4 is 58.5 Å². The molecule has 0 spiro atoms. The molecule has 0 rings (SSSR count). The molecular formula is C2H5Cl8F4O10-5. The van der Waals surface area contributed by atoms with Crippen molar-refractivity contribution in [1.29, 1.82) is 0 Å². The molecule has 0 aromatic carbocycles. The van der Waals surface area contributed by atoms with Gasteiger partial charge < -0.3 is 52.0 Å². The van der Waals surface area contributed by atoms with E-state index in [-0.39, 0.29) is 42.7 Å². The minimum Gasteiger partial charge on any atom is -1.00 e. The largest absolute Gasteiger partial charge is 1.00 e. The maximum atomic E-state index is 10.6. The maximum Gasteiger partial charge on any atom is 0.401 e. The highest BCUT2D eigenvalue weighted by molar-refractivity contribution is 6.45. The van der Waals surface area contributed by atoms with Gasteiger partial charge in [-0.15, -0.1) is 0 Å². The van der Waals surface area contributed by atoms with E-state index >= 15 is 0 Å². The van der Waals surface area contributed by atoms with Gasteiger partial charge in [-0.3, -0.25) is 0 Å². The van der Waals surface area contributed by atoms with Gasteiger partial charge in [-0.05, 0) is 23.2 Å². The molecular weight excluding hydrogens is 544 g/mol. The third-order valence-corrected chi connectivity index (χ3v) is 0. The van der Waals surface area contributed by atoms with Crippen LogP contribution in [0.3, 0.4) is 0 Å². The van der Waals surface area contributed by atoms with E-state index in [1.807, 2.05) is 0 Å². The van der Waals surface area contributed by atoms with Crippen LogP contribution in [0.5, 0.6) is 0 Å². The molecule has 0 atom stereocenters. The molecule has 0 unspecified atom stereocenters. The van der Waals surface area contributed by atoms with Crippen molar-refractivity contribution < 1.29 is 85.1 Å². The maximum absolute atomic E-state index is 10.6. The van der Waals surface area contributed by atoms with Gasteiger partial charge in [0.05, 0.1) is 0 Å². The molecule has 22 heteroatoms. The molecule has 0 heterocycles. The van der Waals surface area contributed by atoms with Crippen LogP contribution in [-0.2, 0) is 5.04 Å². The first kappa shape index (κ1) is 73.5. The smallest absolute Gasteiger partial charge is 0.401 e. The highest BCUT2D eigenvalue weighted by Crippen LogP contribution is 2.22. The summed E-state index contributed by atoms with van der Waals surface area (Å²) in [6.07, 6.45) is 0. The molecule has 10 nitrogen and oxygen atoms in total. The summed E-state index contributed by atoms with van der Waals surface area (Å²) < 4.78 is 56.7. The average Bonchev–Trinajstić information content (AvgIpc) is 2.37. The number of hydrogen-bond donors (Lipinski definition) is 2. The van der Waals surface area contributed by atoms with Crippen molar-refractivity contribution in [3.05, 3.63) is 19.9 Å². The first-order valence-electron chi connectivity index (χ1n) is 2.42. The first-order chi connectivity index (χ1) is 9.15. The fraction of sp³-hybridized carbons (Fsp3) is 1.00. The standard InChI is InChI=1S/CCl2F2.CHClF2.2ClO.3ClH.H2O3.2O2.H2O/c2-1(3,4)5;2-1(3)4;2*1-2;;;;1-3-2;2*1-2;/h;1H;;;3*1H;1-2H;;;1H2/q;;2*-1;;;;;;;/p-3. The van der Waals surface area contributed by atoms with Crippen molar-refractivity contribution in [1.82, 2.24) is 0 Å². The number of hydrogen-bond acceptors (Lipinski definition) is 9. The summed E-state index contributed by atoms with van der Waals surface area (Å²) in [5.41, 5.74) is 0. The summed E-state index contributed by atoms with van der Waals surface area (Å²) in [6, 6.07) is 0. The quantitative estimate of drug-likeness (QED) is 0.128. The van der Waals surface area contributed by atoms with Crippen LogP contribution in [0.15, 0.2) is 0 Å². The summed E-state index contributed by atoms with van der Waals surface area (Å²) in [6.45, 7) is 0. The molecule has 4 N–H and O–H groups in total. The Balaban J connectivity index is -0.00000000921. The van der Waals surface area contributed by atoms with Crippen molar-refractivity contribution in [2.75, 3.05) is 0 Å². The van der Waals surface area contributed by atoms with E-state index in [1.54, 1.807) is 0 Å². The lowest BCUT2D eigenvalue weighted by Gasteiger charge is -1.87. The van der Waals surface area contributed by atoms with E-state index in [0.717, 1.165) is 0 Å². The van der Waals surface area contributed by atoms with Gasteiger partial charge in [0.1, 0.15) is 0 Å². The Morgan fingerprint density at radius 2 is 0.833 bits per heavy atom. The summed E-state index contributed by atoms with van der Waals surface area (Å²) >= 11 is 18.6. The average molecular weight is 549 g/mol. The third kappa shape index (κ3) is 11100. The molecule has 0 saturated heterocycles. The number of alkyl halides is 7. The predicted octanol–water partition coefficient (Wildman–Crippen LogP) is -7.27. The molecule has 162 valence electrons. The highest BCUT2D eigenvalue weighted by Gasteiger charge is 2.17. The summed E-state index contributed by atoms with van der Waals surface area (Å²) in [7, 11) is 0. The van der Waals surface area contributed by atoms with Gasteiger partial charge in [0.2, 0.25) is 0 Å². The highest BCUT2D eigenvalue weighted by atomic mass is 35.5. The van der Waals surface area contributed by atoms with Crippen molar-refractivity contribution in [3.63, 3.8) is 0 Å². The molecule has 0 aromatic rings. The van der Waals surface area contributed by atoms with E-state index in [1.165, 1.54) is 0 Å². The zero-order valence-electron chi connectivity index (χ0n) is 9.87. The Bertz CT molecular complexity index is 107. The lowest BCUT2D eigenvalue weighted by atomic mass is 11.7. The lowest BCUT2D eigenvalue weighted by molar-refractivity contribution is -0.465. The number of rotatable bonds is 0. The zero-order chi connectivity index (χ0) is 18.8. The molecule has 0 saturated carbocycles. The molecule has 0 aromatic heterocycles. The Labute approximate surface area is 174 Å². The summed E-state index contributed by atoms with van der Waals surface area (Å²) in [5, 5.41) is 15.5. The van der Waals surface area contributed by atoms with Crippen LogP contribution in [0.4, 0.5) is 17.6 Å². The minimum atomic E-state index is -3.56. The molecule has 0 fully saturated rings. The molecule has 0 bridgehead atoms. The first-order valence-corrected chi connectivity index (χ1v) is 4.23. The van der Waals surface area contributed by atoms with Gasteiger partial charge in [-0.1, -0.05) is 16.6 Å². The van der Waals surface area contributed by atoms with Crippen LogP contribution in [0, 0.1) is 19.9 Å². The van der Waals surface area contributed by atoms with Crippen molar-refractivity contribution in [3.8, 4) is 0 Å². The second-order valence-electron chi connectivity index (χ2n) is 0.758. The van der Waals surface area contributed by atoms with E-state index in [0.29, 0.717) is 0 Å². The fourth-order valence-electron chi connectivity index (χ4n) is 0. The van der Waals surface area contributed by atoms with Gasteiger partial charge in [0.25, 0.3) is 0 Å². The van der Waals surface area contributed by atoms with Gasteiger partial charge in [0.15, 0.2) is 0 Å². The van der Waals surface area contributed by atoms with E-state index < -0.39 is 10.7 Å². The van der Waals surface area contributed by atoms with Crippen LogP contribution < -0.4 is 46.5 Å². The molecule has 0 amide bonds. The SMILES string of the molecule is FC(F)(Cl)Cl.FC(F)Cl.O.O=O.O=O.OOO.[Cl-].[Cl-].[Cl-].[O-]Cl.[O-]Cl. The van der Waals surface area contributed by atoms with Crippen molar-refractivity contribution in [2.24, 2.45) is 0 Å². The van der Waals surface area contributed by atoms with Gasteiger partial charge in [-0.2, -0.15) is 17.6 Å². The zero-order valence-corrected chi connectivity index (χ0v) is 15.9. The van der Waals surface area contributed by atoms with Crippen LogP contribution in [0.2, 0.25) is 0 Å². The molecule has 0 radical (unpaired) electrons. The Morgan fingerprint density at radius 1 is 0.833 bits per heavy atom. The van der Waals surface area contributed by atoms with Gasteiger partial charge in [-0.25, -0.2) is 34.2 Å². The Morgan fingerprint density at radius 3 is 0.833 bits per heavy atom. The van der Waals surface area contributed by atoms with E-state index in [9.17, 15) is 17.6 Å². The second kappa shape index (κ2) is 105. The van der Waals surface area contributed by atoms with Gasteiger partial charge in [0, 0.05) is 19.9 Å². The van der Waals surface area contributed by atoms with Crippen LogP contribution in [0.25, 0.3) is 0 Å². The molecule has 0 aliphatic rings. The predicted molar refractivity (Wildman–Crippen MR) is 63.6 cm³/mol. The Hall–Kier alpha value is 1.000. The molecule has 0 aliphatic heterocycles. The molecule has 24 heavy (non-hydrogen) atoms. The second-order valence-corrected chi connectivity index (χ2v) is 2.23. The van der Waals surface area contributed by atoms with Crippen LogP contribution in [-0.4, -0.2) is 26.7 Å². The summed E-state index contributed by atoms with van der Waals surface area (Å²) in [4.78, 5) is 24.4. The van der Waals surface area contributed by atoms with E-state index in [2.05, 4.69) is 63.6 Å². The minimum absolute atomic E-state index is 0. The normalized spacial score (nSPS) is 5.58. The van der Waals surface area contributed by atoms with Crippen LogP contribution >= 0.6 is 58.5 Å². The number of halogens is 12. The Kier molecular flexibility index (Phi) is 321. The van der Waals surface area contributed by atoms with Crippen LogP contribution in [0.1, 0.15) is 0 Å². The molecule has 0 aliphatic carbocycles. The summed E-state index contributed by atoms with van der Waals surface area (Å²) in [5.74, 6) is -2.69. The van der Waals surface area contributed by atoms with E-state index in [4.69, 9.17) is 39.7 Å². The van der Waals surface area contributed by atoms with Gasteiger partial charge >= 0.3 is 10.7 Å².